The number of hydrogen-bond donors (Lipinski definition) is 2. The number of hydrogen-bond acceptors (Lipinski definition) is 5. The molecule has 0 aromatic carbocycles. The molecule has 1 aromatic rings. The molecule has 1 fully saturated rings. The Morgan fingerprint density at radius 2 is 2.29 bits per heavy atom. The van der Waals surface area contributed by atoms with Gasteiger partial charge in [-0.3, -0.25) is 0 Å². The van der Waals surface area contributed by atoms with Crippen molar-refractivity contribution in [2.45, 2.75) is 31.8 Å². The van der Waals surface area contributed by atoms with Gasteiger partial charge in [0.05, 0.1) is 16.3 Å². The topological polar surface area (TPSA) is 73.3 Å². The molecule has 0 radical (unpaired) electrons. The maximum Gasteiger partial charge on any atom is 0.129 e. The van der Waals surface area contributed by atoms with Crippen LogP contribution in [0.1, 0.15) is 31.1 Å². The Hall–Kier alpha value is -1.25. The van der Waals surface area contributed by atoms with Gasteiger partial charge in [-0.2, -0.15) is 5.26 Å². The number of thiophene rings is 1. The average molecular weight is 251 g/mol. The first-order valence-electron chi connectivity index (χ1n) is 5.78. The van der Waals surface area contributed by atoms with E-state index in [0.29, 0.717) is 10.6 Å². The van der Waals surface area contributed by atoms with Crippen LogP contribution in [0, 0.1) is 11.3 Å². The molecule has 92 valence electrons. The lowest BCUT2D eigenvalue weighted by molar-refractivity contribution is 0.0481. The van der Waals surface area contributed by atoms with Crippen molar-refractivity contribution in [3.8, 4) is 6.07 Å². The Kier molecular flexibility index (Phi) is 3.27. The molecule has 2 rings (SSSR count). The molecule has 3 N–H and O–H groups in total. The second-order valence-corrected chi connectivity index (χ2v) is 5.85. The normalized spacial score (nSPS) is 25.4. The number of nitrogen functional groups attached to an aromatic ring is 1. The van der Waals surface area contributed by atoms with Gasteiger partial charge in [-0.1, -0.05) is 0 Å². The van der Waals surface area contributed by atoms with Crippen LogP contribution in [0.25, 0.3) is 0 Å². The van der Waals surface area contributed by atoms with Crippen molar-refractivity contribution in [1.82, 2.24) is 0 Å². The maximum atomic E-state index is 10.0. The molecule has 1 atom stereocenters. The summed E-state index contributed by atoms with van der Waals surface area (Å²) in [5.41, 5.74) is 5.76. The third kappa shape index (κ3) is 2.71. The van der Waals surface area contributed by atoms with Crippen LogP contribution in [0.2, 0.25) is 0 Å². The van der Waals surface area contributed by atoms with E-state index in [1.807, 2.05) is 13.0 Å². The molecular weight excluding hydrogens is 234 g/mol. The Morgan fingerprint density at radius 1 is 1.53 bits per heavy atom. The zero-order valence-electron chi connectivity index (χ0n) is 9.94. The van der Waals surface area contributed by atoms with Gasteiger partial charge in [0.25, 0.3) is 0 Å². The van der Waals surface area contributed by atoms with Crippen molar-refractivity contribution in [1.29, 1.82) is 5.26 Å². The minimum absolute atomic E-state index is 0.559. The monoisotopic (exact) mass is 251 g/mol. The lowest BCUT2D eigenvalue weighted by Crippen LogP contribution is -2.27. The zero-order chi connectivity index (χ0) is 12.5. The lowest BCUT2D eigenvalue weighted by atomic mass is 9.98. The van der Waals surface area contributed by atoms with Gasteiger partial charge in [0.15, 0.2) is 0 Å². The fourth-order valence-corrected chi connectivity index (χ4v) is 3.05. The molecule has 1 aromatic heterocycles. The lowest BCUT2D eigenvalue weighted by Gasteiger charge is -2.22. The fourth-order valence-electron chi connectivity index (χ4n) is 2.12. The largest absolute Gasteiger partial charge is 0.397 e. The molecule has 4 nitrogen and oxygen atoms in total. The maximum absolute atomic E-state index is 10.0. The first kappa shape index (κ1) is 12.2. The Labute approximate surface area is 105 Å². The summed E-state index contributed by atoms with van der Waals surface area (Å²) in [6.45, 7) is 3.62. The molecular formula is C12H17N3OS. The van der Waals surface area contributed by atoms with E-state index < -0.39 is 5.60 Å². The predicted octanol–water partition coefficient (Wildman–Crippen LogP) is 1.94. The van der Waals surface area contributed by atoms with Crippen LogP contribution in [0.15, 0.2) is 6.07 Å². The smallest absolute Gasteiger partial charge is 0.129 e. The molecule has 1 saturated heterocycles. The summed E-state index contributed by atoms with van der Waals surface area (Å²) in [6, 6.07) is 3.97. The SMILES string of the molecule is CC1(O)CCCN(c2cc(N)c(C#N)s2)CC1. The molecule has 0 spiro atoms. The van der Waals surface area contributed by atoms with Gasteiger partial charge in [-0.05, 0) is 32.3 Å². The second kappa shape index (κ2) is 4.55. The van der Waals surface area contributed by atoms with Crippen molar-refractivity contribution >= 4 is 22.0 Å². The molecule has 0 amide bonds. The standard InChI is InChI=1S/C12H17N3OS/c1-12(16)3-2-5-15(6-4-12)11-7-9(14)10(8-13)17-11/h7,16H,2-6,14H2,1H3. The van der Waals surface area contributed by atoms with Gasteiger partial charge in [0, 0.05) is 13.1 Å². The average Bonchev–Trinajstić information content (AvgIpc) is 2.54. The van der Waals surface area contributed by atoms with E-state index in [0.717, 1.165) is 37.4 Å². The number of nitrogens with two attached hydrogens (primary N) is 1. The third-order valence-corrected chi connectivity index (χ3v) is 4.34. The highest BCUT2D eigenvalue weighted by molar-refractivity contribution is 7.17. The molecule has 1 aliphatic rings. The van der Waals surface area contributed by atoms with E-state index in [1.165, 1.54) is 11.3 Å². The molecule has 0 aliphatic carbocycles. The van der Waals surface area contributed by atoms with Crippen LogP contribution >= 0.6 is 11.3 Å². The van der Waals surface area contributed by atoms with E-state index in [2.05, 4.69) is 11.0 Å². The van der Waals surface area contributed by atoms with Crippen LogP contribution < -0.4 is 10.6 Å². The Bertz CT molecular complexity index is 447. The highest BCUT2D eigenvalue weighted by Crippen LogP contribution is 2.34. The van der Waals surface area contributed by atoms with Crippen molar-refractivity contribution in [2.75, 3.05) is 23.7 Å². The van der Waals surface area contributed by atoms with E-state index in [-0.39, 0.29) is 0 Å². The summed E-state index contributed by atoms with van der Waals surface area (Å²) in [6.07, 6.45) is 2.55. The van der Waals surface area contributed by atoms with E-state index in [4.69, 9.17) is 11.0 Å². The van der Waals surface area contributed by atoms with E-state index >= 15 is 0 Å². The summed E-state index contributed by atoms with van der Waals surface area (Å²) in [5, 5.41) is 20.0. The summed E-state index contributed by atoms with van der Waals surface area (Å²) in [7, 11) is 0. The number of anilines is 2. The van der Waals surface area contributed by atoms with E-state index in [9.17, 15) is 5.11 Å². The van der Waals surface area contributed by atoms with Gasteiger partial charge in [0.2, 0.25) is 0 Å². The Morgan fingerprint density at radius 3 is 2.94 bits per heavy atom. The highest BCUT2D eigenvalue weighted by atomic mass is 32.1. The number of aliphatic hydroxyl groups is 1. The zero-order valence-corrected chi connectivity index (χ0v) is 10.8. The van der Waals surface area contributed by atoms with Crippen molar-refractivity contribution in [3.63, 3.8) is 0 Å². The second-order valence-electron chi connectivity index (χ2n) is 4.82. The van der Waals surface area contributed by atoms with Gasteiger partial charge < -0.3 is 15.7 Å². The quantitative estimate of drug-likeness (QED) is 0.800. The molecule has 0 bridgehead atoms. The van der Waals surface area contributed by atoms with Gasteiger partial charge >= 0.3 is 0 Å². The number of nitrogens with zero attached hydrogens (tertiary/aromatic N) is 2. The highest BCUT2D eigenvalue weighted by Gasteiger charge is 2.25. The molecule has 17 heavy (non-hydrogen) atoms. The third-order valence-electron chi connectivity index (χ3n) is 3.22. The molecule has 2 heterocycles. The minimum Gasteiger partial charge on any atom is -0.397 e. The molecule has 5 heteroatoms. The van der Waals surface area contributed by atoms with Crippen LogP contribution in [-0.2, 0) is 0 Å². The molecule has 0 saturated carbocycles. The predicted molar refractivity (Wildman–Crippen MR) is 70.1 cm³/mol. The first-order valence-corrected chi connectivity index (χ1v) is 6.60. The minimum atomic E-state index is -0.560. The summed E-state index contributed by atoms with van der Waals surface area (Å²) in [5.74, 6) is 0. The van der Waals surface area contributed by atoms with Gasteiger partial charge in [-0.15, -0.1) is 11.3 Å². The summed E-state index contributed by atoms with van der Waals surface area (Å²) < 4.78 is 0. The van der Waals surface area contributed by atoms with Crippen LogP contribution in [0.5, 0.6) is 0 Å². The van der Waals surface area contributed by atoms with E-state index in [1.54, 1.807) is 0 Å². The first-order chi connectivity index (χ1) is 8.02. The Balaban J connectivity index is 2.15. The van der Waals surface area contributed by atoms with Gasteiger partial charge in [-0.25, -0.2) is 0 Å². The van der Waals surface area contributed by atoms with Crippen molar-refractivity contribution < 1.29 is 5.11 Å². The van der Waals surface area contributed by atoms with Crippen LogP contribution in [-0.4, -0.2) is 23.8 Å². The summed E-state index contributed by atoms with van der Waals surface area (Å²) in [4.78, 5) is 2.79. The summed E-state index contributed by atoms with van der Waals surface area (Å²) >= 11 is 1.43. The fraction of sp³-hybridized carbons (Fsp3) is 0.583. The number of nitriles is 1. The van der Waals surface area contributed by atoms with Crippen molar-refractivity contribution in [3.05, 3.63) is 10.9 Å². The van der Waals surface area contributed by atoms with Crippen LogP contribution in [0.3, 0.4) is 0 Å². The van der Waals surface area contributed by atoms with Crippen molar-refractivity contribution in [2.24, 2.45) is 0 Å². The molecule has 1 aliphatic heterocycles. The van der Waals surface area contributed by atoms with Crippen LogP contribution in [0.4, 0.5) is 10.7 Å². The number of rotatable bonds is 1. The van der Waals surface area contributed by atoms with Gasteiger partial charge in [0.1, 0.15) is 10.9 Å². The molecule has 1 unspecified atom stereocenters.